The van der Waals surface area contributed by atoms with Crippen LogP contribution >= 0.6 is 0 Å². The van der Waals surface area contributed by atoms with Crippen LogP contribution in [0.5, 0.6) is 5.75 Å². The molecule has 0 saturated heterocycles. The van der Waals surface area contributed by atoms with Gasteiger partial charge in [-0.15, -0.1) is 0 Å². The molecule has 2 aromatic carbocycles. The number of para-hydroxylation sites is 1. The van der Waals surface area contributed by atoms with Crippen molar-refractivity contribution in [2.45, 2.75) is 32.8 Å². The molecule has 2 N–H and O–H groups in total. The quantitative estimate of drug-likeness (QED) is 0.883. The Bertz CT molecular complexity index is 546. The third-order valence-corrected chi connectivity index (χ3v) is 3.55. The normalized spacial score (nSPS) is 12.4. The summed E-state index contributed by atoms with van der Waals surface area (Å²) in [4.78, 5) is 0. The van der Waals surface area contributed by atoms with Crippen molar-refractivity contribution in [2.75, 3.05) is 6.54 Å². The summed E-state index contributed by atoms with van der Waals surface area (Å²) in [6.45, 7) is 6.90. The number of hydrogen-bond acceptors (Lipinski definition) is 2. The van der Waals surface area contributed by atoms with Crippen LogP contribution in [0.1, 0.15) is 42.6 Å². The second-order valence-electron chi connectivity index (χ2n) is 5.43. The highest BCUT2D eigenvalue weighted by molar-refractivity contribution is 5.33. The zero-order chi connectivity index (χ0) is 14.5. The molecule has 0 bridgehead atoms. The van der Waals surface area contributed by atoms with Crippen LogP contribution in [0.2, 0.25) is 0 Å². The van der Waals surface area contributed by atoms with Crippen molar-refractivity contribution in [3.63, 3.8) is 0 Å². The van der Waals surface area contributed by atoms with Gasteiger partial charge in [0.15, 0.2) is 0 Å². The number of nitrogens with two attached hydrogens (primary N) is 1. The Hall–Kier alpha value is -1.80. The minimum Gasteiger partial charge on any atom is -0.484 e. The summed E-state index contributed by atoms with van der Waals surface area (Å²) in [6, 6.07) is 16.6. The maximum atomic E-state index is 6.06. The van der Waals surface area contributed by atoms with Crippen molar-refractivity contribution in [3.8, 4) is 5.75 Å². The fraction of sp³-hybridized carbons (Fsp3) is 0.333. The lowest BCUT2D eigenvalue weighted by Crippen LogP contribution is -2.18. The van der Waals surface area contributed by atoms with Crippen LogP contribution in [0.25, 0.3) is 0 Å². The highest BCUT2D eigenvalue weighted by atomic mass is 16.5. The van der Waals surface area contributed by atoms with Crippen LogP contribution in [-0.4, -0.2) is 6.54 Å². The number of rotatable bonds is 5. The van der Waals surface area contributed by atoms with E-state index in [2.05, 4.69) is 38.1 Å². The smallest absolute Gasteiger partial charge is 0.136 e. The molecule has 0 aliphatic heterocycles. The minimum absolute atomic E-state index is 0.0997. The maximum Gasteiger partial charge on any atom is 0.136 e. The van der Waals surface area contributed by atoms with E-state index >= 15 is 0 Å². The second-order valence-corrected chi connectivity index (χ2v) is 5.43. The summed E-state index contributed by atoms with van der Waals surface area (Å²) in [5, 5.41) is 0. The molecule has 0 spiro atoms. The number of ether oxygens (including phenoxy) is 1. The topological polar surface area (TPSA) is 35.2 Å². The maximum absolute atomic E-state index is 6.06. The molecule has 0 amide bonds. The molecule has 0 aromatic heterocycles. The molecule has 2 rings (SSSR count). The van der Waals surface area contributed by atoms with E-state index in [1.165, 1.54) is 5.56 Å². The number of hydrogen-bond donors (Lipinski definition) is 1. The standard InChI is InChI=1S/C18H23NO/c1-13(2)15-8-10-16(11-9-15)18(12-19)20-17-7-5-4-6-14(17)3/h4-11,13,18H,12,19H2,1-3H3. The molecule has 0 saturated carbocycles. The Morgan fingerprint density at radius 3 is 2.10 bits per heavy atom. The molecule has 0 aliphatic rings. The highest BCUT2D eigenvalue weighted by Crippen LogP contribution is 2.25. The zero-order valence-corrected chi connectivity index (χ0v) is 12.5. The van der Waals surface area contributed by atoms with E-state index in [9.17, 15) is 0 Å². The van der Waals surface area contributed by atoms with Gasteiger partial charge in [-0.2, -0.15) is 0 Å². The van der Waals surface area contributed by atoms with E-state index in [0.717, 1.165) is 16.9 Å². The van der Waals surface area contributed by atoms with Gasteiger partial charge < -0.3 is 10.5 Å². The summed E-state index contributed by atoms with van der Waals surface area (Å²) in [6.07, 6.45) is -0.0997. The average molecular weight is 269 g/mol. The lowest BCUT2D eigenvalue weighted by Gasteiger charge is -2.20. The molecule has 0 fully saturated rings. The molecular formula is C18H23NO. The SMILES string of the molecule is Cc1ccccc1OC(CN)c1ccc(C(C)C)cc1. The first-order chi connectivity index (χ1) is 9.61. The molecule has 0 aliphatic carbocycles. The highest BCUT2D eigenvalue weighted by Gasteiger charge is 2.13. The van der Waals surface area contributed by atoms with Gasteiger partial charge in [-0.25, -0.2) is 0 Å². The van der Waals surface area contributed by atoms with Crippen molar-refractivity contribution in [1.29, 1.82) is 0 Å². The van der Waals surface area contributed by atoms with Crippen LogP contribution in [0.4, 0.5) is 0 Å². The largest absolute Gasteiger partial charge is 0.484 e. The summed E-state index contributed by atoms with van der Waals surface area (Å²) in [7, 11) is 0. The fourth-order valence-electron chi connectivity index (χ4n) is 2.19. The van der Waals surface area contributed by atoms with Crippen LogP contribution in [-0.2, 0) is 0 Å². The molecule has 1 unspecified atom stereocenters. The predicted octanol–water partition coefficient (Wildman–Crippen LogP) is 4.20. The second kappa shape index (κ2) is 6.58. The molecule has 0 radical (unpaired) electrons. The van der Waals surface area contributed by atoms with E-state index in [1.807, 2.05) is 31.2 Å². The van der Waals surface area contributed by atoms with Crippen LogP contribution in [0.3, 0.4) is 0 Å². The number of benzene rings is 2. The molecule has 20 heavy (non-hydrogen) atoms. The molecule has 2 aromatic rings. The monoisotopic (exact) mass is 269 g/mol. The van der Waals surface area contributed by atoms with Gasteiger partial charge in [0, 0.05) is 6.54 Å². The Morgan fingerprint density at radius 1 is 0.950 bits per heavy atom. The van der Waals surface area contributed by atoms with Crippen molar-refractivity contribution in [2.24, 2.45) is 5.73 Å². The van der Waals surface area contributed by atoms with Crippen molar-refractivity contribution in [3.05, 3.63) is 65.2 Å². The van der Waals surface area contributed by atoms with Crippen LogP contribution in [0.15, 0.2) is 48.5 Å². The molecule has 106 valence electrons. The summed E-state index contributed by atoms with van der Waals surface area (Å²) >= 11 is 0. The molecule has 2 nitrogen and oxygen atoms in total. The van der Waals surface area contributed by atoms with Gasteiger partial charge in [-0.3, -0.25) is 0 Å². The summed E-state index contributed by atoms with van der Waals surface area (Å²) < 4.78 is 6.06. The first-order valence-electron chi connectivity index (χ1n) is 7.14. The van der Waals surface area contributed by atoms with E-state index < -0.39 is 0 Å². The Labute approximate surface area is 121 Å². The summed E-state index contributed by atoms with van der Waals surface area (Å²) in [5.74, 6) is 1.44. The molecule has 1 atom stereocenters. The Morgan fingerprint density at radius 2 is 1.55 bits per heavy atom. The third kappa shape index (κ3) is 3.40. The van der Waals surface area contributed by atoms with Crippen LogP contribution in [0, 0.1) is 6.92 Å². The lowest BCUT2D eigenvalue weighted by molar-refractivity contribution is 0.213. The van der Waals surface area contributed by atoms with Gasteiger partial charge in [0.2, 0.25) is 0 Å². The number of aryl methyl sites for hydroxylation is 1. The fourth-order valence-corrected chi connectivity index (χ4v) is 2.19. The zero-order valence-electron chi connectivity index (χ0n) is 12.5. The van der Waals surface area contributed by atoms with Gasteiger partial charge in [-0.1, -0.05) is 56.3 Å². The molecule has 0 heterocycles. The Kier molecular flexibility index (Phi) is 4.80. The predicted molar refractivity (Wildman–Crippen MR) is 84.1 cm³/mol. The minimum atomic E-state index is -0.0997. The van der Waals surface area contributed by atoms with Gasteiger partial charge in [0.25, 0.3) is 0 Å². The van der Waals surface area contributed by atoms with Gasteiger partial charge in [0.1, 0.15) is 11.9 Å². The van der Waals surface area contributed by atoms with Gasteiger partial charge >= 0.3 is 0 Å². The lowest BCUT2D eigenvalue weighted by atomic mass is 10.00. The summed E-state index contributed by atoms with van der Waals surface area (Å²) in [5.41, 5.74) is 9.46. The Balaban J connectivity index is 2.18. The van der Waals surface area contributed by atoms with E-state index in [0.29, 0.717) is 12.5 Å². The van der Waals surface area contributed by atoms with E-state index in [4.69, 9.17) is 10.5 Å². The first kappa shape index (κ1) is 14.6. The first-order valence-corrected chi connectivity index (χ1v) is 7.14. The van der Waals surface area contributed by atoms with Crippen molar-refractivity contribution >= 4 is 0 Å². The van der Waals surface area contributed by atoms with Crippen LogP contribution < -0.4 is 10.5 Å². The van der Waals surface area contributed by atoms with E-state index in [-0.39, 0.29) is 6.10 Å². The van der Waals surface area contributed by atoms with Gasteiger partial charge in [0.05, 0.1) is 0 Å². The molecular weight excluding hydrogens is 246 g/mol. The third-order valence-electron chi connectivity index (χ3n) is 3.55. The van der Waals surface area contributed by atoms with E-state index in [1.54, 1.807) is 0 Å². The van der Waals surface area contributed by atoms with Gasteiger partial charge in [-0.05, 0) is 35.6 Å². The molecule has 2 heteroatoms. The average Bonchev–Trinajstić information content (AvgIpc) is 2.46. The van der Waals surface area contributed by atoms with Crippen molar-refractivity contribution < 1.29 is 4.74 Å². The van der Waals surface area contributed by atoms with Crippen molar-refractivity contribution in [1.82, 2.24) is 0 Å².